The van der Waals surface area contributed by atoms with E-state index in [4.69, 9.17) is 9.15 Å². The average Bonchev–Trinajstić information content (AvgIpc) is 3.39. The summed E-state index contributed by atoms with van der Waals surface area (Å²) in [7, 11) is 0. The molecular weight excluding hydrogens is 478 g/mol. The number of fused-ring (bicyclic) bond motifs is 5. The third-order valence-corrected chi connectivity index (χ3v) is 9.79. The zero-order valence-corrected chi connectivity index (χ0v) is 20.6. The summed E-state index contributed by atoms with van der Waals surface area (Å²) in [4.78, 5) is 38.0. The van der Waals surface area contributed by atoms with Gasteiger partial charge in [0.05, 0.1) is 12.4 Å². The van der Waals surface area contributed by atoms with Gasteiger partial charge in [-0.05, 0) is 62.0 Å². The van der Waals surface area contributed by atoms with Crippen molar-refractivity contribution >= 4 is 29.5 Å². The van der Waals surface area contributed by atoms with Crippen LogP contribution in [0.2, 0.25) is 0 Å². The van der Waals surface area contributed by atoms with Crippen LogP contribution in [0.25, 0.3) is 0 Å². The summed E-state index contributed by atoms with van der Waals surface area (Å²) in [6, 6.07) is 2.91. The Morgan fingerprint density at radius 3 is 2.60 bits per heavy atom. The van der Waals surface area contributed by atoms with Crippen molar-refractivity contribution in [3.63, 3.8) is 0 Å². The lowest BCUT2D eigenvalue weighted by atomic mass is 9.44. The highest BCUT2D eigenvalue weighted by atomic mass is 32.1. The Balaban J connectivity index is 1.62. The van der Waals surface area contributed by atoms with Crippen LogP contribution < -0.4 is 0 Å². The van der Waals surface area contributed by atoms with Crippen molar-refractivity contribution in [2.24, 2.45) is 28.6 Å². The molecule has 1 aromatic rings. The number of ketones is 1. The number of alkyl halides is 2. The predicted molar refractivity (Wildman–Crippen MR) is 124 cm³/mol. The topological polar surface area (TPSA) is 93.8 Å². The highest BCUT2D eigenvalue weighted by molar-refractivity contribution is 7.96. The number of aliphatic hydroxyl groups excluding tert-OH is 1. The summed E-state index contributed by atoms with van der Waals surface area (Å²) in [5.41, 5.74) is -6.80. The molecule has 6 nitrogen and oxygen atoms in total. The predicted octanol–water partition coefficient (Wildman–Crippen LogP) is 4.20. The number of carbonyl (C=O) groups excluding carboxylic acids is 3. The van der Waals surface area contributed by atoms with Crippen molar-refractivity contribution in [2.45, 2.75) is 63.6 Å². The fourth-order valence-electron chi connectivity index (χ4n) is 7.83. The quantitative estimate of drug-likeness (QED) is 0.472. The van der Waals surface area contributed by atoms with Gasteiger partial charge in [0.1, 0.15) is 6.17 Å². The molecule has 9 atom stereocenters. The van der Waals surface area contributed by atoms with Crippen molar-refractivity contribution in [2.75, 3.05) is 0 Å². The van der Waals surface area contributed by atoms with E-state index in [0.29, 0.717) is 0 Å². The van der Waals surface area contributed by atoms with Crippen LogP contribution in [0, 0.1) is 28.6 Å². The van der Waals surface area contributed by atoms with Gasteiger partial charge in [0.25, 0.3) is 0 Å². The summed E-state index contributed by atoms with van der Waals surface area (Å²) in [5.74, 6) is -3.57. The molecule has 0 radical (unpaired) electrons. The molecule has 35 heavy (non-hydrogen) atoms. The minimum absolute atomic E-state index is 0.0261. The zero-order valence-electron chi connectivity index (χ0n) is 19.7. The molecule has 0 saturated heterocycles. The van der Waals surface area contributed by atoms with Crippen LogP contribution in [-0.2, 0) is 14.3 Å². The Kier molecular flexibility index (Phi) is 5.32. The van der Waals surface area contributed by atoms with Gasteiger partial charge in [-0.2, -0.15) is 0 Å². The van der Waals surface area contributed by atoms with E-state index in [2.05, 4.69) is 12.6 Å². The molecule has 188 valence electrons. The van der Waals surface area contributed by atoms with E-state index in [1.807, 2.05) is 0 Å². The maximum atomic E-state index is 17.3. The van der Waals surface area contributed by atoms with E-state index < -0.39 is 69.0 Å². The van der Waals surface area contributed by atoms with Crippen molar-refractivity contribution in [1.82, 2.24) is 0 Å². The lowest BCUT2D eigenvalue weighted by Gasteiger charge is -2.63. The van der Waals surface area contributed by atoms with Gasteiger partial charge in [-0.25, -0.2) is 13.6 Å². The van der Waals surface area contributed by atoms with Gasteiger partial charge in [-0.1, -0.05) is 19.9 Å². The number of thiol groups is 1. The van der Waals surface area contributed by atoms with Gasteiger partial charge >= 0.3 is 5.97 Å². The first-order valence-corrected chi connectivity index (χ1v) is 12.2. The number of hydrogen-bond donors (Lipinski definition) is 2. The average molecular weight is 507 g/mol. The smallest absolute Gasteiger partial charge is 0.375 e. The molecule has 1 heterocycles. The number of hydrogen-bond acceptors (Lipinski definition) is 6. The minimum Gasteiger partial charge on any atom is -0.457 e. The molecule has 4 aliphatic carbocycles. The molecule has 0 aromatic carbocycles. The number of aliphatic hydroxyl groups is 1. The molecular formula is C26H28F2O6S. The fraction of sp³-hybridized carbons (Fsp3) is 0.577. The Morgan fingerprint density at radius 1 is 1.26 bits per heavy atom. The Hall–Kier alpha value is -2.26. The monoisotopic (exact) mass is 506 g/mol. The molecule has 3 fully saturated rings. The van der Waals surface area contributed by atoms with Crippen LogP contribution in [0.1, 0.15) is 50.6 Å². The summed E-state index contributed by atoms with van der Waals surface area (Å²) in [6.07, 6.45) is 1.58. The molecule has 5 rings (SSSR count). The van der Waals surface area contributed by atoms with Crippen molar-refractivity contribution < 1.29 is 37.4 Å². The maximum absolute atomic E-state index is 17.3. The highest BCUT2D eigenvalue weighted by Gasteiger charge is 2.78. The van der Waals surface area contributed by atoms with Gasteiger partial charge < -0.3 is 14.3 Å². The summed E-state index contributed by atoms with van der Waals surface area (Å²) in [5, 5.41) is 10.7. The molecule has 3 saturated carbocycles. The van der Waals surface area contributed by atoms with Crippen LogP contribution in [0.5, 0.6) is 0 Å². The zero-order chi connectivity index (χ0) is 25.6. The third kappa shape index (κ3) is 2.88. The van der Waals surface area contributed by atoms with Gasteiger partial charge in [0, 0.05) is 22.7 Å². The molecule has 0 amide bonds. The lowest BCUT2D eigenvalue weighted by molar-refractivity contribution is -0.221. The van der Waals surface area contributed by atoms with Crippen molar-refractivity contribution in [3.05, 3.63) is 48.0 Å². The summed E-state index contributed by atoms with van der Waals surface area (Å²) in [6.45, 7) is 4.93. The van der Waals surface area contributed by atoms with Crippen LogP contribution in [0.3, 0.4) is 0 Å². The standard InChI is InChI=1S/C26H28F2O6S/c1-13-9-15-16-11-18(27)17-10-14(29)6-7-23(17,2)25(16,28)20(30)12-24(15,3)26(13,22(32)35)34-21(31)19-5-4-8-33-19/h4-8,10,13,15-16,18,20,30H,9,11-12H2,1-3H3,(H,32,35)/t13-,15?,16?,18+,20+,23+,24?,25+,26+/m1/s1. The lowest BCUT2D eigenvalue weighted by Crippen LogP contribution is -2.70. The second kappa shape index (κ2) is 7.62. The van der Waals surface area contributed by atoms with Crippen LogP contribution in [-0.4, -0.2) is 45.5 Å². The number of ether oxygens (including phenoxy) is 1. The van der Waals surface area contributed by atoms with Crippen LogP contribution in [0.4, 0.5) is 8.78 Å². The van der Waals surface area contributed by atoms with E-state index in [9.17, 15) is 19.5 Å². The van der Waals surface area contributed by atoms with E-state index in [1.165, 1.54) is 37.5 Å². The van der Waals surface area contributed by atoms with E-state index >= 15 is 8.78 Å². The molecule has 1 aromatic heterocycles. The largest absolute Gasteiger partial charge is 0.457 e. The minimum atomic E-state index is -2.29. The number of allylic oxidation sites excluding steroid dienone is 4. The molecule has 3 unspecified atom stereocenters. The van der Waals surface area contributed by atoms with Gasteiger partial charge in [0.2, 0.25) is 10.9 Å². The first kappa shape index (κ1) is 24.4. The van der Waals surface area contributed by atoms with Crippen molar-refractivity contribution in [1.29, 1.82) is 0 Å². The third-order valence-electron chi connectivity index (χ3n) is 9.46. The number of furan rings is 1. The van der Waals surface area contributed by atoms with E-state index in [0.717, 1.165) is 6.08 Å². The van der Waals surface area contributed by atoms with E-state index in [1.54, 1.807) is 13.8 Å². The second-order valence-electron chi connectivity index (χ2n) is 10.9. The second-order valence-corrected chi connectivity index (χ2v) is 11.3. The Bertz CT molecular complexity index is 1160. The van der Waals surface area contributed by atoms with Gasteiger partial charge in [-0.15, -0.1) is 12.6 Å². The number of carbonyl (C=O) groups is 3. The highest BCUT2D eigenvalue weighted by Crippen LogP contribution is 2.71. The number of esters is 1. The van der Waals surface area contributed by atoms with Gasteiger partial charge in [-0.3, -0.25) is 9.59 Å². The van der Waals surface area contributed by atoms with E-state index in [-0.39, 0.29) is 30.6 Å². The Morgan fingerprint density at radius 2 is 1.97 bits per heavy atom. The first-order valence-electron chi connectivity index (χ1n) is 11.8. The first-order chi connectivity index (χ1) is 16.3. The molecule has 9 heteroatoms. The number of rotatable bonds is 3. The number of halogens is 2. The fourth-order valence-corrected chi connectivity index (χ4v) is 8.35. The molecule has 4 aliphatic rings. The Labute approximate surface area is 207 Å². The normalized spacial score (nSPS) is 46.3. The molecule has 0 bridgehead atoms. The van der Waals surface area contributed by atoms with Crippen molar-refractivity contribution in [3.8, 4) is 0 Å². The molecule has 0 aliphatic heterocycles. The summed E-state index contributed by atoms with van der Waals surface area (Å²) < 4.78 is 43.8. The molecule has 0 spiro atoms. The summed E-state index contributed by atoms with van der Waals surface area (Å²) >= 11 is 4.11. The van der Waals surface area contributed by atoms with Gasteiger partial charge in [0.15, 0.2) is 17.1 Å². The van der Waals surface area contributed by atoms with Crippen LogP contribution in [0.15, 0.2) is 46.6 Å². The molecule has 1 N–H and O–H groups in total. The SMILES string of the molecule is C[C@@H]1CC2C3C[C@H](F)C4=CC(=O)C=C[C@]4(C)[C@@]3(F)[C@@H](O)CC2(C)[C@@]1(OC(=O)c1ccco1)C(=O)S. The maximum Gasteiger partial charge on any atom is 0.375 e. The van der Waals surface area contributed by atoms with Crippen LogP contribution >= 0.6 is 12.6 Å².